The molecule has 1 unspecified atom stereocenters. The Kier molecular flexibility index (Phi) is 6.23. The van der Waals surface area contributed by atoms with Gasteiger partial charge in [0.15, 0.2) is 0 Å². The second kappa shape index (κ2) is 9.22. The summed E-state index contributed by atoms with van der Waals surface area (Å²) in [6.07, 6.45) is 2.47. The van der Waals surface area contributed by atoms with E-state index in [1.165, 1.54) is 11.1 Å². The molecule has 2 heterocycles. The van der Waals surface area contributed by atoms with Crippen LogP contribution >= 0.6 is 0 Å². The van der Waals surface area contributed by atoms with E-state index in [9.17, 15) is 9.59 Å². The minimum Gasteiger partial charge on any atom is -0.354 e. The molecule has 0 saturated carbocycles. The molecule has 1 fully saturated rings. The summed E-state index contributed by atoms with van der Waals surface area (Å²) in [6.45, 7) is 5.32. The highest BCUT2D eigenvalue weighted by Crippen LogP contribution is 2.17. The quantitative estimate of drug-likeness (QED) is 0.657. The van der Waals surface area contributed by atoms with Gasteiger partial charge in [-0.2, -0.15) is 5.10 Å². The van der Waals surface area contributed by atoms with E-state index in [-0.39, 0.29) is 17.9 Å². The normalized spacial score (nSPS) is 16.8. The number of nitrogens with one attached hydrogen (secondary N) is 1. The molecule has 3 aromatic rings. The van der Waals surface area contributed by atoms with Gasteiger partial charge in [-0.25, -0.2) is 4.68 Å². The van der Waals surface area contributed by atoms with E-state index < -0.39 is 0 Å². The third kappa shape index (κ3) is 4.44. The Labute approximate surface area is 176 Å². The van der Waals surface area contributed by atoms with Gasteiger partial charge in [-0.3, -0.25) is 14.5 Å². The standard InChI is InChI=1S/C24H28N4O2/c1-2-27-14-8-11-19(27)16-25-23(29)15-22-20-12-6-7-13-21(20)24(30)28(26-22)17-18-9-4-3-5-10-18/h3-7,9-10,12-13,19H,2,8,11,14-17H2,1H3,(H,25,29). The molecule has 1 atom stereocenters. The summed E-state index contributed by atoms with van der Waals surface area (Å²) < 4.78 is 1.47. The SMILES string of the molecule is CCN1CCCC1CNC(=O)Cc1nn(Cc2ccccc2)c(=O)c2ccccc12. The number of benzene rings is 2. The average molecular weight is 405 g/mol. The van der Waals surface area contributed by atoms with Crippen molar-refractivity contribution in [3.05, 3.63) is 76.2 Å². The van der Waals surface area contributed by atoms with E-state index >= 15 is 0 Å². The van der Waals surface area contributed by atoms with Crippen LogP contribution in [0.25, 0.3) is 10.8 Å². The summed E-state index contributed by atoms with van der Waals surface area (Å²) in [5.74, 6) is -0.0551. The van der Waals surface area contributed by atoms with Gasteiger partial charge in [0.25, 0.3) is 5.56 Å². The van der Waals surface area contributed by atoms with Gasteiger partial charge in [-0.1, -0.05) is 55.5 Å². The van der Waals surface area contributed by atoms with Crippen LogP contribution < -0.4 is 10.9 Å². The van der Waals surface area contributed by atoms with Crippen LogP contribution in [0.5, 0.6) is 0 Å². The molecule has 1 amide bonds. The van der Waals surface area contributed by atoms with Gasteiger partial charge in [0.2, 0.25) is 5.91 Å². The first-order valence-corrected chi connectivity index (χ1v) is 10.7. The maximum atomic E-state index is 12.9. The molecular weight excluding hydrogens is 376 g/mol. The highest BCUT2D eigenvalue weighted by Gasteiger charge is 2.23. The molecule has 1 aromatic heterocycles. The maximum absolute atomic E-state index is 12.9. The lowest BCUT2D eigenvalue weighted by atomic mass is 10.1. The van der Waals surface area contributed by atoms with E-state index in [4.69, 9.17) is 0 Å². The summed E-state index contributed by atoms with van der Waals surface area (Å²) in [4.78, 5) is 28.1. The molecule has 1 saturated heterocycles. The largest absolute Gasteiger partial charge is 0.354 e. The number of aromatic nitrogens is 2. The van der Waals surface area contributed by atoms with Crippen molar-refractivity contribution in [3.63, 3.8) is 0 Å². The maximum Gasteiger partial charge on any atom is 0.274 e. The zero-order chi connectivity index (χ0) is 20.9. The van der Waals surface area contributed by atoms with Crippen molar-refractivity contribution in [2.24, 2.45) is 0 Å². The molecule has 0 spiro atoms. The molecule has 2 aromatic carbocycles. The lowest BCUT2D eigenvalue weighted by Crippen LogP contribution is -2.40. The van der Waals surface area contributed by atoms with Crippen LogP contribution in [-0.2, 0) is 17.8 Å². The third-order valence-electron chi connectivity index (χ3n) is 5.89. The van der Waals surface area contributed by atoms with Gasteiger partial charge < -0.3 is 5.32 Å². The molecule has 0 radical (unpaired) electrons. The molecule has 4 rings (SSSR count). The zero-order valence-electron chi connectivity index (χ0n) is 17.4. The molecule has 6 heteroatoms. The number of carbonyl (C=O) groups is 1. The summed E-state index contributed by atoms with van der Waals surface area (Å²) >= 11 is 0. The Hall–Kier alpha value is -2.99. The molecule has 156 valence electrons. The van der Waals surface area contributed by atoms with Gasteiger partial charge >= 0.3 is 0 Å². The first-order valence-electron chi connectivity index (χ1n) is 10.7. The molecule has 0 aliphatic carbocycles. The van der Waals surface area contributed by atoms with Gasteiger partial charge in [-0.15, -0.1) is 0 Å². The number of amides is 1. The minimum absolute atomic E-state index is 0.0551. The molecule has 0 bridgehead atoms. The Balaban J connectivity index is 1.56. The fraction of sp³-hybridized carbons (Fsp3) is 0.375. The number of hydrogen-bond acceptors (Lipinski definition) is 4. The van der Waals surface area contributed by atoms with Gasteiger partial charge in [0.05, 0.1) is 24.0 Å². The number of likely N-dealkylation sites (tertiary alicyclic amines) is 1. The Morgan fingerprint density at radius 3 is 2.60 bits per heavy atom. The number of fused-ring (bicyclic) bond motifs is 1. The highest BCUT2D eigenvalue weighted by atomic mass is 16.1. The number of carbonyl (C=O) groups excluding carboxylic acids is 1. The Morgan fingerprint density at radius 1 is 1.10 bits per heavy atom. The minimum atomic E-state index is -0.136. The van der Waals surface area contributed by atoms with Crippen molar-refractivity contribution in [1.82, 2.24) is 20.0 Å². The second-order valence-electron chi connectivity index (χ2n) is 7.85. The summed E-state index contributed by atoms with van der Waals surface area (Å²) in [6, 6.07) is 17.6. The predicted octanol–water partition coefficient (Wildman–Crippen LogP) is 2.59. The Bertz CT molecular complexity index is 1080. The smallest absolute Gasteiger partial charge is 0.274 e. The molecule has 1 aliphatic rings. The van der Waals surface area contributed by atoms with Crippen LogP contribution in [0, 0.1) is 0 Å². The van der Waals surface area contributed by atoms with E-state index in [0.29, 0.717) is 30.2 Å². The third-order valence-corrected chi connectivity index (χ3v) is 5.89. The van der Waals surface area contributed by atoms with Crippen molar-refractivity contribution >= 4 is 16.7 Å². The van der Waals surface area contributed by atoms with E-state index in [1.54, 1.807) is 6.07 Å². The van der Waals surface area contributed by atoms with Crippen molar-refractivity contribution in [2.75, 3.05) is 19.6 Å². The molecular formula is C24H28N4O2. The number of rotatable bonds is 7. The van der Waals surface area contributed by atoms with Crippen molar-refractivity contribution < 1.29 is 4.79 Å². The van der Waals surface area contributed by atoms with Gasteiger partial charge in [-0.05, 0) is 37.6 Å². The highest BCUT2D eigenvalue weighted by molar-refractivity contribution is 5.88. The van der Waals surface area contributed by atoms with Gasteiger partial charge in [0, 0.05) is 18.0 Å². The summed E-state index contributed by atoms with van der Waals surface area (Å²) in [5.41, 5.74) is 1.50. The molecule has 6 nitrogen and oxygen atoms in total. The van der Waals surface area contributed by atoms with Crippen molar-refractivity contribution in [1.29, 1.82) is 0 Å². The zero-order valence-corrected chi connectivity index (χ0v) is 17.4. The number of likely N-dealkylation sites (N-methyl/N-ethyl adjacent to an activating group) is 1. The van der Waals surface area contributed by atoms with E-state index in [2.05, 4.69) is 22.2 Å². The van der Waals surface area contributed by atoms with E-state index in [0.717, 1.165) is 30.5 Å². The first kappa shape index (κ1) is 20.3. The van der Waals surface area contributed by atoms with Crippen LogP contribution in [0.3, 0.4) is 0 Å². The van der Waals surface area contributed by atoms with Gasteiger partial charge in [0.1, 0.15) is 0 Å². The molecule has 1 aliphatic heterocycles. The predicted molar refractivity (Wildman–Crippen MR) is 119 cm³/mol. The fourth-order valence-electron chi connectivity index (χ4n) is 4.29. The van der Waals surface area contributed by atoms with Crippen LogP contribution in [0.4, 0.5) is 0 Å². The van der Waals surface area contributed by atoms with Crippen LogP contribution in [0.15, 0.2) is 59.4 Å². The molecule has 1 N–H and O–H groups in total. The summed E-state index contributed by atoms with van der Waals surface area (Å²) in [7, 11) is 0. The fourth-order valence-corrected chi connectivity index (χ4v) is 4.29. The monoisotopic (exact) mass is 404 g/mol. The lowest BCUT2D eigenvalue weighted by Gasteiger charge is -2.22. The van der Waals surface area contributed by atoms with Crippen LogP contribution in [0.2, 0.25) is 0 Å². The topological polar surface area (TPSA) is 67.2 Å². The van der Waals surface area contributed by atoms with E-state index in [1.807, 2.05) is 48.5 Å². The van der Waals surface area contributed by atoms with Crippen LogP contribution in [0.1, 0.15) is 31.0 Å². The summed E-state index contributed by atoms with van der Waals surface area (Å²) in [5, 5.41) is 9.00. The van der Waals surface area contributed by atoms with Crippen molar-refractivity contribution in [3.8, 4) is 0 Å². The van der Waals surface area contributed by atoms with Crippen LogP contribution in [-0.4, -0.2) is 46.3 Å². The number of nitrogens with zero attached hydrogens (tertiary/aromatic N) is 3. The number of hydrogen-bond donors (Lipinski definition) is 1. The molecule has 30 heavy (non-hydrogen) atoms. The Morgan fingerprint density at radius 2 is 1.83 bits per heavy atom. The second-order valence-corrected chi connectivity index (χ2v) is 7.85. The van der Waals surface area contributed by atoms with Crippen molar-refractivity contribution in [2.45, 2.75) is 38.8 Å². The lowest BCUT2D eigenvalue weighted by molar-refractivity contribution is -0.120. The average Bonchev–Trinajstić information content (AvgIpc) is 3.24. The first-order chi connectivity index (χ1) is 14.7.